The summed E-state index contributed by atoms with van der Waals surface area (Å²) in [5, 5.41) is 10.7. The zero-order valence-electron chi connectivity index (χ0n) is 11.6. The van der Waals surface area contributed by atoms with Gasteiger partial charge in [-0.15, -0.1) is 0 Å². The number of hydrogen-bond donors (Lipinski definition) is 2. The Labute approximate surface area is 127 Å². The maximum Gasteiger partial charge on any atom is 0.0535 e. The normalized spacial score (nSPS) is 18.7. The minimum Gasteiger partial charge on any atom is -0.370 e. The minimum absolute atomic E-state index is 0.549. The Hall–Kier alpha value is -1.33. The van der Waals surface area contributed by atoms with E-state index < -0.39 is 0 Å². The number of benzene rings is 1. The number of H-pyrrole nitrogens is 1. The number of hydrogen-bond acceptors (Lipinski definition) is 3. The first-order chi connectivity index (χ1) is 9.72. The molecule has 0 amide bonds. The summed E-state index contributed by atoms with van der Waals surface area (Å²) in [7, 11) is 0. The van der Waals surface area contributed by atoms with Crippen LogP contribution in [-0.2, 0) is 6.54 Å². The Kier molecular flexibility index (Phi) is 4.08. The van der Waals surface area contributed by atoms with Crippen molar-refractivity contribution in [3.8, 4) is 0 Å². The molecule has 1 aliphatic rings. The van der Waals surface area contributed by atoms with E-state index in [1.54, 1.807) is 0 Å². The molecule has 2 N–H and O–H groups in total. The van der Waals surface area contributed by atoms with Crippen LogP contribution in [0.15, 0.2) is 34.9 Å². The van der Waals surface area contributed by atoms with Crippen LogP contribution in [0.4, 0.5) is 5.69 Å². The summed E-state index contributed by atoms with van der Waals surface area (Å²) in [6.45, 7) is 5.14. The van der Waals surface area contributed by atoms with Gasteiger partial charge in [0.15, 0.2) is 0 Å². The van der Waals surface area contributed by atoms with Crippen molar-refractivity contribution in [1.82, 2.24) is 15.5 Å². The zero-order chi connectivity index (χ0) is 13.9. The molecule has 1 aromatic carbocycles. The molecule has 1 atom stereocenters. The molecule has 0 radical (unpaired) electrons. The van der Waals surface area contributed by atoms with E-state index >= 15 is 0 Å². The third kappa shape index (κ3) is 3.04. The van der Waals surface area contributed by atoms with E-state index in [1.165, 1.54) is 17.7 Å². The van der Waals surface area contributed by atoms with E-state index in [-0.39, 0.29) is 0 Å². The fourth-order valence-corrected chi connectivity index (χ4v) is 2.89. The van der Waals surface area contributed by atoms with Crippen molar-refractivity contribution in [3.63, 3.8) is 0 Å². The van der Waals surface area contributed by atoms with Crippen molar-refractivity contribution in [2.75, 3.05) is 18.0 Å². The van der Waals surface area contributed by atoms with Crippen LogP contribution in [0.2, 0.25) is 0 Å². The Morgan fingerprint density at radius 2 is 2.20 bits per heavy atom. The molecule has 20 heavy (non-hydrogen) atoms. The predicted molar refractivity (Wildman–Crippen MR) is 84.9 cm³/mol. The Balaban J connectivity index is 1.54. The van der Waals surface area contributed by atoms with Crippen LogP contribution in [0.25, 0.3) is 0 Å². The molecular weight excluding hydrogens is 316 g/mol. The molecule has 1 saturated heterocycles. The number of rotatable bonds is 4. The van der Waals surface area contributed by atoms with Crippen molar-refractivity contribution in [2.45, 2.75) is 25.9 Å². The number of halogens is 1. The summed E-state index contributed by atoms with van der Waals surface area (Å²) in [5.74, 6) is 0. The molecule has 2 aromatic rings. The lowest BCUT2D eigenvalue weighted by Crippen LogP contribution is -2.32. The maximum atomic E-state index is 4.06. The summed E-state index contributed by atoms with van der Waals surface area (Å²) < 4.78 is 1.13. The Bertz CT molecular complexity index is 564. The Morgan fingerprint density at radius 3 is 2.90 bits per heavy atom. The van der Waals surface area contributed by atoms with E-state index in [9.17, 15) is 0 Å². The summed E-state index contributed by atoms with van der Waals surface area (Å²) in [4.78, 5) is 2.44. The van der Waals surface area contributed by atoms with Gasteiger partial charge in [-0.25, -0.2) is 0 Å². The standard InChI is InChI=1S/C15H19BrN4/c1-11-12(9-18-19-11)8-17-14-6-7-20(10-14)15-4-2-13(16)3-5-15/h2-5,9,14,17H,6-8,10H2,1H3,(H,18,19). The summed E-state index contributed by atoms with van der Waals surface area (Å²) in [5.41, 5.74) is 3.71. The van der Waals surface area contributed by atoms with Gasteiger partial charge in [-0.3, -0.25) is 5.10 Å². The van der Waals surface area contributed by atoms with E-state index in [0.29, 0.717) is 6.04 Å². The monoisotopic (exact) mass is 334 g/mol. The van der Waals surface area contributed by atoms with Crippen molar-refractivity contribution in [2.24, 2.45) is 0 Å². The first kappa shape index (κ1) is 13.6. The van der Waals surface area contributed by atoms with Crippen LogP contribution in [0.3, 0.4) is 0 Å². The van der Waals surface area contributed by atoms with E-state index in [1.807, 2.05) is 6.20 Å². The quantitative estimate of drug-likeness (QED) is 0.903. The average molecular weight is 335 g/mol. The lowest BCUT2D eigenvalue weighted by atomic mass is 10.2. The molecule has 0 saturated carbocycles. The number of aryl methyl sites for hydroxylation is 1. The van der Waals surface area contributed by atoms with Crippen LogP contribution in [-0.4, -0.2) is 29.3 Å². The Morgan fingerprint density at radius 1 is 1.40 bits per heavy atom. The minimum atomic E-state index is 0.549. The maximum absolute atomic E-state index is 4.06. The van der Waals surface area contributed by atoms with Gasteiger partial charge in [0.1, 0.15) is 0 Å². The van der Waals surface area contributed by atoms with Gasteiger partial charge >= 0.3 is 0 Å². The van der Waals surface area contributed by atoms with E-state index in [4.69, 9.17) is 0 Å². The molecule has 0 spiro atoms. The van der Waals surface area contributed by atoms with Crippen molar-refractivity contribution < 1.29 is 0 Å². The molecule has 1 fully saturated rings. The first-order valence-corrected chi connectivity index (χ1v) is 7.74. The molecule has 1 aliphatic heterocycles. The molecule has 4 nitrogen and oxygen atoms in total. The second-order valence-electron chi connectivity index (χ2n) is 5.31. The highest BCUT2D eigenvalue weighted by Gasteiger charge is 2.22. The molecule has 5 heteroatoms. The smallest absolute Gasteiger partial charge is 0.0535 e. The SMILES string of the molecule is Cc1[nH]ncc1CNC1CCN(c2ccc(Br)cc2)C1. The number of nitrogens with one attached hydrogen (secondary N) is 2. The second kappa shape index (κ2) is 5.97. The summed E-state index contributed by atoms with van der Waals surface area (Å²) >= 11 is 3.48. The first-order valence-electron chi connectivity index (χ1n) is 6.95. The summed E-state index contributed by atoms with van der Waals surface area (Å²) in [6.07, 6.45) is 3.09. The predicted octanol–water partition coefficient (Wildman–Crippen LogP) is 2.85. The van der Waals surface area contributed by atoms with Crippen molar-refractivity contribution in [3.05, 3.63) is 46.2 Å². The van der Waals surface area contributed by atoms with Gasteiger partial charge in [-0.2, -0.15) is 5.10 Å². The van der Waals surface area contributed by atoms with Gasteiger partial charge in [0, 0.05) is 47.1 Å². The van der Waals surface area contributed by atoms with Crippen LogP contribution in [0, 0.1) is 6.92 Å². The molecule has 0 bridgehead atoms. The van der Waals surface area contributed by atoms with Crippen molar-refractivity contribution >= 4 is 21.6 Å². The number of aromatic nitrogens is 2. The zero-order valence-corrected chi connectivity index (χ0v) is 13.2. The van der Waals surface area contributed by atoms with Crippen LogP contribution in [0.5, 0.6) is 0 Å². The molecular formula is C15H19BrN4. The molecule has 0 aliphatic carbocycles. The number of aromatic amines is 1. The fraction of sp³-hybridized carbons (Fsp3) is 0.400. The van der Waals surface area contributed by atoms with Crippen molar-refractivity contribution in [1.29, 1.82) is 0 Å². The fourth-order valence-electron chi connectivity index (χ4n) is 2.62. The molecule has 1 unspecified atom stereocenters. The third-order valence-corrected chi connectivity index (χ3v) is 4.42. The average Bonchev–Trinajstić information content (AvgIpc) is 3.06. The van der Waals surface area contributed by atoms with Crippen LogP contribution in [0.1, 0.15) is 17.7 Å². The van der Waals surface area contributed by atoms with Gasteiger partial charge in [0.2, 0.25) is 0 Å². The largest absolute Gasteiger partial charge is 0.370 e. The highest BCUT2D eigenvalue weighted by atomic mass is 79.9. The van der Waals surface area contributed by atoms with Gasteiger partial charge in [0.25, 0.3) is 0 Å². The number of nitrogens with zero attached hydrogens (tertiary/aromatic N) is 2. The van der Waals surface area contributed by atoms with E-state index in [0.717, 1.165) is 29.8 Å². The van der Waals surface area contributed by atoms with Crippen LogP contribution < -0.4 is 10.2 Å². The molecule has 3 rings (SSSR count). The van der Waals surface area contributed by atoms with Gasteiger partial charge in [0.05, 0.1) is 6.20 Å². The molecule has 2 heterocycles. The third-order valence-electron chi connectivity index (χ3n) is 3.90. The summed E-state index contributed by atoms with van der Waals surface area (Å²) in [6, 6.07) is 9.10. The number of anilines is 1. The highest BCUT2D eigenvalue weighted by Crippen LogP contribution is 2.22. The van der Waals surface area contributed by atoms with Crippen LogP contribution >= 0.6 is 15.9 Å². The second-order valence-corrected chi connectivity index (χ2v) is 6.22. The topological polar surface area (TPSA) is 44.0 Å². The lowest BCUT2D eigenvalue weighted by Gasteiger charge is -2.19. The highest BCUT2D eigenvalue weighted by molar-refractivity contribution is 9.10. The lowest BCUT2D eigenvalue weighted by molar-refractivity contribution is 0.550. The van der Waals surface area contributed by atoms with E-state index in [2.05, 4.69) is 67.5 Å². The van der Waals surface area contributed by atoms with Gasteiger partial charge < -0.3 is 10.2 Å². The van der Waals surface area contributed by atoms with Gasteiger partial charge in [-0.05, 0) is 37.6 Å². The molecule has 106 valence electrons. The van der Waals surface area contributed by atoms with Gasteiger partial charge in [-0.1, -0.05) is 15.9 Å². The molecule has 1 aromatic heterocycles.